The molecule has 2 aliphatic heterocycles. The third-order valence-corrected chi connectivity index (χ3v) is 4.92. The molecule has 1 N–H and O–H groups in total. The highest BCUT2D eigenvalue weighted by molar-refractivity contribution is 7.80. The van der Waals surface area contributed by atoms with Crippen molar-refractivity contribution in [3.63, 3.8) is 0 Å². The Balaban J connectivity index is 2.03. The number of hydrogen-bond acceptors (Lipinski definition) is 3. The highest BCUT2D eigenvalue weighted by Crippen LogP contribution is 2.47. The summed E-state index contributed by atoms with van der Waals surface area (Å²) in [7, 11) is 1.76. The van der Waals surface area contributed by atoms with Crippen LogP contribution in [-0.2, 0) is 15.1 Å². The van der Waals surface area contributed by atoms with Crippen molar-refractivity contribution in [1.29, 1.82) is 0 Å². The maximum absolute atomic E-state index is 13.0. The number of fused-ring (bicyclic) bond motifs is 2. The van der Waals surface area contributed by atoms with Crippen molar-refractivity contribution in [2.45, 2.75) is 44.2 Å². The highest BCUT2D eigenvalue weighted by atomic mass is 35.5. The van der Waals surface area contributed by atoms with Gasteiger partial charge in [-0.1, -0.05) is 37.4 Å². The van der Waals surface area contributed by atoms with Gasteiger partial charge in [0.25, 0.3) is 11.1 Å². The Morgan fingerprint density at radius 1 is 1.45 bits per heavy atom. The molecule has 1 spiro atoms. The van der Waals surface area contributed by atoms with E-state index in [-0.39, 0.29) is 12.0 Å². The van der Waals surface area contributed by atoms with Crippen LogP contribution in [0.3, 0.4) is 0 Å². The third kappa shape index (κ3) is 2.18. The lowest BCUT2D eigenvalue weighted by molar-refractivity contribution is -0.125. The molecule has 2 aliphatic rings. The fraction of sp³-hybridized carbons (Fsp3) is 0.500. The minimum Gasteiger partial charge on any atom is -0.464 e. The van der Waals surface area contributed by atoms with Crippen LogP contribution in [0.4, 0.5) is 5.69 Å². The first kappa shape index (κ1) is 15.6. The number of amides is 1. The molecule has 0 saturated carbocycles. The van der Waals surface area contributed by atoms with Crippen LogP contribution in [-0.4, -0.2) is 24.2 Å². The molecule has 1 saturated heterocycles. The van der Waals surface area contributed by atoms with Gasteiger partial charge in [0.1, 0.15) is 6.10 Å². The Morgan fingerprint density at radius 3 is 2.95 bits per heavy atom. The quantitative estimate of drug-likeness (QED) is 0.675. The molecule has 4 nitrogen and oxygen atoms in total. The first-order chi connectivity index (χ1) is 10.5. The Hall–Kier alpha value is -1.33. The molecule has 0 aromatic heterocycles. The van der Waals surface area contributed by atoms with Crippen molar-refractivity contribution >= 4 is 40.6 Å². The zero-order valence-corrected chi connectivity index (χ0v) is 14.3. The summed E-state index contributed by atoms with van der Waals surface area (Å²) >= 11 is 11.3. The number of nitrogens with one attached hydrogen (secondary N) is 1. The Morgan fingerprint density at radius 2 is 2.23 bits per heavy atom. The predicted octanol–water partition coefficient (Wildman–Crippen LogP) is 3.37. The number of ether oxygens (including phenoxy) is 1. The zero-order valence-electron chi connectivity index (χ0n) is 12.7. The van der Waals surface area contributed by atoms with E-state index >= 15 is 0 Å². The lowest BCUT2D eigenvalue weighted by Gasteiger charge is -2.27. The van der Waals surface area contributed by atoms with Crippen LogP contribution in [0.5, 0.6) is 0 Å². The largest absolute Gasteiger partial charge is 0.464 e. The molecular weight excluding hydrogens is 320 g/mol. The fourth-order valence-electron chi connectivity index (χ4n) is 3.38. The van der Waals surface area contributed by atoms with Gasteiger partial charge in [0.2, 0.25) is 0 Å². The molecule has 1 aromatic rings. The molecule has 118 valence electrons. The molecule has 6 heteroatoms. The van der Waals surface area contributed by atoms with Gasteiger partial charge in [-0.3, -0.25) is 4.79 Å². The zero-order chi connectivity index (χ0) is 15.9. The number of nitrogens with zero attached hydrogens (tertiary/aromatic N) is 1. The number of carbonyl (C=O) groups excluding carboxylic acids is 1. The first-order valence-corrected chi connectivity index (χ1v) is 8.36. The van der Waals surface area contributed by atoms with Gasteiger partial charge in [-0.15, -0.1) is 0 Å². The second kappa shape index (κ2) is 5.70. The third-order valence-electron chi connectivity index (χ3n) is 4.49. The molecular formula is C16H19ClN2O2S. The van der Waals surface area contributed by atoms with Gasteiger partial charge >= 0.3 is 0 Å². The summed E-state index contributed by atoms with van der Waals surface area (Å²) in [5.41, 5.74) is 0.809. The van der Waals surface area contributed by atoms with Crippen molar-refractivity contribution < 1.29 is 9.53 Å². The topological polar surface area (TPSA) is 41.6 Å². The van der Waals surface area contributed by atoms with Crippen LogP contribution in [0.25, 0.3) is 0 Å². The van der Waals surface area contributed by atoms with E-state index in [2.05, 4.69) is 12.2 Å². The number of halogens is 1. The molecule has 1 fully saturated rings. The van der Waals surface area contributed by atoms with E-state index < -0.39 is 5.54 Å². The summed E-state index contributed by atoms with van der Waals surface area (Å²) in [6, 6.07) is 5.52. The summed E-state index contributed by atoms with van der Waals surface area (Å²) in [5, 5.41) is 4.04. The van der Waals surface area contributed by atoms with Gasteiger partial charge in [-0.25, -0.2) is 0 Å². The number of carbonyl (C=O) groups is 1. The molecule has 1 aromatic carbocycles. The van der Waals surface area contributed by atoms with Crippen molar-refractivity contribution in [2.24, 2.45) is 0 Å². The van der Waals surface area contributed by atoms with Gasteiger partial charge in [0, 0.05) is 17.6 Å². The summed E-state index contributed by atoms with van der Waals surface area (Å²) in [5.74, 6) is -0.0360. The highest BCUT2D eigenvalue weighted by Gasteiger charge is 2.60. The number of hydrogen-bond donors (Lipinski definition) is 1. The van der Waals surface area contributed by atoms with E-state index in [1.54, 1.807) is 18.0 Å². The van der Waals surface area contributed by atoms with E-state index in [9.17, 15) is 4.79 Å². The van der Waals surface area contributed by atoms with E-state index in [0.29, 0.717) is 10.2 Å². The molecule has 1 amide bonds. The molecule has 2 atom stereocenters. The molecule has 0 aliphatic carbocycles. The van der Waals surface area contributed by atoms with Gasteiger partial charge in [-0.2, -0.15) is 0 Å². The summed E-state index contributed by atoms with van der Waals surface area (Å²) in [6.45, 7) is 2.15. The van der Waals surface area contributed by atoms with Crippen molar-refractivity contribution in [3.8, 4) is 0 Å². The smallest absolute Gasteiger partial charge is 0.261 e. The average molecular weight is 339 g/mol. The lowest BCUT2D eigenvalue weighted by Crippen LogP contribution is -2.52. The minimum absolute atomic E-state index is 0.0360. The normalized spacial score (nSPS) is 26.3. The lowest BCUT2D eigenvalue weighted by atomic mass is 9.84. The van der Waals surface area contributed by atoms with Crippen LogP contribution in [0.15, 0.2) is 18.2 Å². The van der Waals surface area contributed by atoms with Crippen molar-refractivity contribution in [1.82, 2.24) is 5.32 Å². The van der Waals surface area contributed by atoms with E-state index in [1.165, 1.54) is 0 Å². The summed E-state index contributed by atoms with van der Waals surface area (Å²) in [4.78, 5) is 14.6. The molecule has 0 bridgehead atoms. The number of unbranched alkanes of at least 4 members (excludes halogenated alkanes) is 2. The Labute approximate surface area is 140 Å². The van der Waals surface area contributed by atoms with E-state index in [1.807, 2.05) is 12.1 Å². The SMILES string of the molecule is CCCCC[C@@H]1OC(=S)N[C@@]12C(=O)N(C)c1cc(Cl)ccc12. The summed E-state index contributed by atoms with van der Waals surface area (Å²) < 4.78 is 5.79. The second-order valence-electron chi connectivity index (χ2n) is 5.85. The minimum atomic E-state index is -0.903. The number of benzene rings is 1. The van der Waals surface area contributed by atoms with Crippen LogP contribution in [0.2, 0.25) is 5.02 Å². The number of likely N-dealkylation sites (N-methyl/N-ethyl adjacent to an activating group) is 1. The van der Waals surface area contributed by atoms with E-state index in [4.69, 9.17) is 28.6 Å². The van der Waals surface area contributed by atoms with E-state index in [0.717, 1.165) is 36.9 Å². The standard InChI is InChI=1S/C16H19ClN2O2S/c1-3-4-5-6-13-16(18-15(22)21-13)11-8-7-10(17)9-12(11)19(2)14(16)20/h7-9,13H,3-6H2,1-2H3,(H,18,22)/t13-,16+/m0/s1. The number of anilines is 1. The van der Waals surface area contributed by atoms with Gasteiger partial charge in [-0.05, 0) is 37.2 Å². The van der Waals surface area contributed by atoms with Gasteiger partial charge in [0.05, 0.1) is 5.69 Å². The Kier molecular flexibility index (Phi) is 4.03. The Bertz CT molecular complexity index is 637. The maximum atomic E-state index is 13.0. The second-order valence-corrected chi connectivity index (χ2v) is 6.66. The molecule has 0 radical (unpaired) electrons. The van der Waals surface area contributed by atoms with Crippen LogP contribution in [0, 0.1) is 0 Å². The average Bonchev–Trinajstić information content (AvgIpc) is 2.92. The van der Waals surface area contributed by atoms with Gasteiger partial charge < -0.3 is 15.0 Å². The van der Waals surface area contributed by atoms with Crippen LogP contribution < -0.4 is 10.2 Å². The summed E-state index contributed by atoms with van der Waals surface area (Å²) in [6.07, 6.45) is 3.76. The predicted molar refractivity (Wildman–Crippen MR) is 91.3 cm³/mol. The monoisotopic (exact) mass is 338 g/mol. The van der Waals surface area contributed by atoms with Crippen molar-refractivity contribution in [2.75, 3.05) is 11.9 Å². The van der Waals surface area contributed by atoms with Gasteiger partial charge in [0.15, 0.2) is 5.54 Å². The molecule has 2 heterocycles. The fourth-order valence-corrected chi connectivity index (χ4v) is 3.82. The molecule has 22 heavy (non-hydrogen) atoms. The van der Waals surface area contributed by atoms with Crippen molar-refractivity contribution in [3.05, 3.63) is 28.8 Å². The maximum Gasteiger partial charge on any atom is 0.261 e. The molecule has 3 rings (SSSR count). The molecule has 0 unspecified atom stereocenters. The van der Waals surface area contributed by atoms with Crippen LogP contribution >= 0.6 is 23.8 Å². The first-order valence-electron chi connectivity index (χ1n) is 7.57. The number of thiocarbonyl (C=S) groups is 1. The number of rotatable bonds is 4. The van der Waals surface area contributed by atoms with Crippen LogP contribution in [0.1, 0.15) is 38.2 Å².